The van der Waals surface area contributed by atoms with Gasteiger partial charge in [-0.05, 0) is 31.1 Å². The van der Waals surface area contributed by atoms with E-state index in [1.807, 2.05) is 0 Å². The van der Waals surface area contributed by atoms with Crippen molar-refractivity contribution in [1.82, 2.24) is 0 Å². The summed E-state index contributed by atoms with van der Waals surface area (Å²) < 4.78 is 0.909. The van der Waals surface area contributed by atoms with Crippen molar-refractivity contribution in [3.05, 3.63) is 0 Å². The van der Waals surface area contributed by atoms with Crippen LogP contribution in [0.15, 0.2) is 0 Å². The Morgan fingerprint density at radius 3 is 1.82 bits per heavy atom. The van der Waals surface area contributed by atoms with E-state index in [9.17, 15) is 0 Å². The predicted octanol–water partition coefficient (Wildman–Crippen LogP) is 4.00. The van der Waals surface area contributed by atoms with E-state index in [2.05, 4.69) is 54.5 Å². The molecule has 0 aromatic rings. The van der Waals surface area contributed by atoms with Crippen LogP contribution in [0.1, 0.15) is 19.3 Å². The van der Waals surface area contributed by atoms with Crippen LogP contribution in [-0.2, 0) is 0 Å². The maximum atomic E-state index is 3.58. The maximum absolute atomic E-state index is 3.58. The second-order valence-electron chi connectivity index (χ2n) is 3.35. The Bertz CT molecular complexity index is 107. The van der Waals surface area contributed by atoms with Crippen molar-refractivity contribution in [3.8, 4) is 0 Å². The average molecular weight is 396 g/mol. The van der Waals surface area contributed by atoms with E-state index >= 15 is 0 Å². The molecule has 1 fully saturated rings. The van der Waals surface area contributed by atoms with Gasteiger partial charge in [0.2, 0.25) is 0 Å². The van der Waals surface area contributed by atoms with Gasteiger partial charge in [-0.25, -0.2) is 0 Å². The van der Waals surface area contributed by atoms with Crippen LogP contribution in [0.5, 0.6) is 0 Å². The smallest absolute Gasteiger partial charge is 0.0115 e. The molecule has 66 valence electrons. The van der Waals surface area contributed by atoms with Gasteiger partial charge in [-0.3, -0.25) is 0 Å². The summed E-state index contributed by atoms with van der Waals surface area (Å²) in [5, 5.41) is 2.38. The molecule has 0 heterocycles. The van der Waals surface area contributed by atoms with Crippen LogP contribution >= 0.6 is 54.5 Å². The largest absolute Gasteiger partial charge is 0.0925 e. The number of hydrogen-bond acceptors (Lipinski definition) is 0. The third-order valence-electron chi connectivity index (χ3n) is 2.28. The molecule has 11 heavy (non-hydrogen) atoms. The molecule has 0 bridgehead atoms. The number of halogens is 3. The average Bonchev–Trinajstić information content (AvgIpc) is 2.03. The zero-order valence-corrected chi connectivity index (χ0v) is 11.7. The van der Waals surface area contributed by atoms with E-state index in [1.165, 1.54) is 29.9 Å². The number of rotatable bonds is 2. The summed E-state index contributed by atoms with van der Waals surface area (Å²) >= 11 is 9.75. The molecule has 0 nitrogen and oxygen atoms in total. The van der Waals surface area contributed by atoms with Crippen molar-refractivity contribution in [2.24, 2.45) is 11.8 Å². The van der Waals surface area contributed by atoms with Gasteiger partial charge in [-0.15, -0.1) is 0 Å². The first-order valence-electron chi connectivity index (χ1n) is 4.02. The van der Waals surface area contributed by atoms with E-state index in [0.29, 0.717) is 0 Å². The van der Waals surface area contributed by atoms with Gasteiger partial charge in [0.15, 0.2) is 0 Å². The molecule has 1 saturated carbocycles. The quantitative estimate of drug-likeness (QED) is 0.490. The molecule has 1 aliphatic carbocycles. The highest BCUT2D eigenvalue weighted by Crippen LogP contribution is 2.35. The first kappa shape index (κ1) is 10.8. The van der Waals surface area contributed by atoms with Gasteiger partial charge in [0.1, 0.15) is 0 Å². The van der Waals surface area contributed by atoms with Gasteiger partial charge in [-0.1, -0.05) is 54.5 Å². The predicted molar refractivity (Wildman–Crippen MR) is 66.2 cm³/mol. The topological polar surface area (TPSA) is 0 Å². The lowest BCUT2D eigenvalue weighted by atomic mass is 9.83. The van der Waals surface area contributed by atoms with E-state index in [4.69, 9.17) is 0 Å². The summed E-state index contributed by atoms with van der Waals surface area (Å²) in [5.41, 5.74) is 0. The molecule has 0 aromatic carbocycles. The third-order valence-corrected chi connectivity index (χ3v) is 5.13. The fourth-order valence-corrected chi connectivity index (χ4v) is 4.23. The highest BCUT2D eigenvalue weighted by molar-refractivity contribution is 14.1. The Kier molecular flexibility index (Phi) is 5.31. The van der Waals surface area contributed by atoms with Crippen LogP contribution in [0.4, 0.5) is 0 Å². The molecule has 0 saturated heterocycles. The lowest BCUT2D eigenvalue weighted by Crippen LogP contribution is -2.24. The van der Waals surface area contributed by atoms with Crippen molar-refractivity contribution < 1.29 is 0 Å². The standard InChI is InChI=1S/C8H13Br2I/c9-4-6-1-7(5-10)3-8(11)2-6/h6-8H,1-5H2. The second kappa shape index (κ2) is 5.43. The minimum absolute atomic E-state index is 0.909. The molecule has 0 amide bonds. The highest BCUT2D eigenvalue weighted by atomic mass is 127. The minimum Gasteiger partial charge on any atom is -0.0925 e. The maximum Gasteiger partial charge on any atom is 0.0115 e. The SMILES string of the molecule is BrCC1CC(I)CC(CBr)C1. The zero-order chi connectivity index (χ0) is 8.27. The molecular formula is C8H13Br2I. The summed E-state index contributed by atoms with van der Waals surface area (Å²) in [7, 11) is 0. The fraction of sp³-hybridized carbons (Fsp3) is 1.00. The lowest BCUT2D eigenvalue weighted by Gasteiger charge is -2.30. The molecular weight excluding hydrogens is 383 g/mol. The molecule has 3 heteroatoms. The van der Waals surface area contributed by atoms with E-state index in [1.54, 1.807) is 0 Å². The number of alkyl halides is 3. The molecule has 0 N–H and O–H groups in total. The monoisotopic (exact) mass is 394 g/mol. The molecule has 0 spiro atoms. The van der Waals surface area contributed by atoms with Crippen LogP contribution in [0.2, 0.25) is 0 Å². The molecule has 2 atom stereocenters. The van der Waals surface area contributed by atoms with Crippen LogP contribution in [0.3, 0.4) is 0 Å². The first-order chi connectivity index (χ1) is 5.26. The Morgan fingerprint density at radius 1 is 1.00 bits per heavy atom. The van der Waals surface area contributed by atoms with Crippen molar-refractivity contribution in [1.29, 1.82) is 0 Å². The molecule has 0 aromatic heterocycles. The zero-order valence-electron chi connectivity index (χ0n) is 6.40. The third kappa shape index (κ3) is 3.51. The first-order valence-corrected chi connectivity index (χ1v) is 7.51. The van der Waals surface area contributed by atoms with Gasteiger partial charge in [0, 0.05) is 14.6 Å². The lowest BCUT2D eigenvalue weighted by molar-refractivity contribution is 0.326. The highest BCUT2D eigenvalue weighted by Gasteiger charge is 2.25. The van der Waals surface area contributed by atoms with Gasteiger partial charge in [-0.2, -0.15) is 0 Å². The molecule has 2 unspecified atom stereocenters. The summed E-state index contributed by atoms with van der Waals surface area (Å²) in [6.45, 7) is 0. The van der Waals surface area contributed by atoms with Gasteiger partial charge in [0.05, 0.1) is 0 Å². The van der Waals surface area contributed by atoms with E-state index in [0.717, 1.165) is 15.8 Å². The van der Waals surface area contributed by atoms with Crippen LogP contribution < -0.4 is 0 Å². The molecule has 0 radical (unpaired) electrons. The van der Waals surface area contributed by atoms with Crippen molar-refractivity contribution >= 4 is 54.5 Å². The van der Waals surface area contributed by atoms with Crippen LogP contribution in [0, 0.1) is 11.8 Å². The minimum atomic E-state index is 0.909. The van der Waals surface area contributed by atoms with E-state index in [-0.39, 0.29) is 0 Å². The Balaban J connectivity index is 2.37. The van der Waals surface area contributed by atoms with Crippen molar-refractivity contribution in [2.75, 3.05) is 10.7 Å². The van der Waals surface area contributed by atoms with Crippen molar-refractivity contribution in [2.45, 2.75) is 23.2 Å². The fourth-order valence-electron chi connectivity index (χ4n) is 1.74. The van der Waals surface area contributed by atoms with E-state index < -0.39 is 0 Å². The van der Waals surface area contributed by atoms with Crippen LogP contribution in [-0.4, -0.2) is 14.6 Å². The molecule has 1 rings (SSSR count). The Morgan fingerprint density at radius 2 is 1.45 bits per heavy atom. The Labute approximate surface area is 99.3 Å². The summed E-state index contributed by atoms with van der Waals surface area (Å²) in [5.74, 6) is 1.85. The normalized spacial score (nSPS) is 39.0. The van der Waals surface area contributed by atoms with Gasteiger partial charge >= 0.3 is 0 Å². The van der Waals surface area contributed by atoms with Gasteiger partial charge in [0.25, 0.3) is 0 Å². The summed E-state index contributed by atoms with van der Waals surface area (Å²) in [4.78, 5) is 0. The number of hydrogen-bond donors (Lipinski definition) is 0. The summed E-state index contributed by atoms with van der Waals surface area (Å²) in [6.07, 6.45) is 4.24. The van der Waals surface area contributed by atoms with Crippen molar-refractivity contribution in [3.63, 3.8) is 0 Å². The van der Waals surface area contributed by atoms with Gasteiger partial charge < -0.3 is 0 Å². The second-order valence-corrected chi connectivity index (χ2v) is 6.40. The molecule has 0 aliphatic heterocycles. The van der Waals surface area contributed by atoms with Crippen LogP contribution in [0.25, 0.3) is 0 Å². The molecule has 1 aliphatic rings. The summed E-state index contributed by atoms with van der Waals surface area (Å²) in [6, 6.07) is 0. The Hall–Kier alpha value is 1.69.